The first-order valence-corrected chi connectivity index (χ1v) is 6.93. The van der Waals surface area contributed by atoms with Gasteiger partial charge in [0, 0.05) is 17.8 Å². The van der Waals surface area contributed by atoms with Gasteiger partial charge in [0.05, 0.1) is 12.2 Å². The zero-order valence-corrected chi connectivity index (χ0v) is 11.5. The van der Waals surface area contributed by atoms with E-state index in [2.05, 4.69) is 13.8 Å². The smallest absolute Gasteiger partial charge is 0.336 e. The van der Waals surface area contributed by atoms with Crippen LogP contribution in [0.1, 0.15) is 39.5 Å². The van der Waals surface area contributed by atoms with Crippen molar-refractivity contribution < 1.29 is 19.4 Å². The predicted molar refractivity (Wildman–Crippen MR) is 68.2 cm³/mol. The molecule has 0 amide bonds. The Morgan fingerprint density at radius 1 is 1.37 bits per heavy atom. The lowest BCUT2D eigenvalue weighted by Gasteiger charge is -2.51. The second-order valence-electron chi connectivity index (χ2n) is 6.91. The van der Waals surface area contributed by atoms with Crippen molar-refractivity contribution in [3.63, 3.8) is 0 Å². The minimum atomic E-state index is -0.405. The summed E-state index contributed by atoms with van der Waals surface area (Å²) in [7, 11) is 0. The molecule has 0 aromatic carbocycles. The van der Waals surface area contributed by atoms with E-state index in [-0.39, 0.29) is 29.1 Å². The van der Waals surface area contributed by atoms with Crippen LogP contribution in [0.2, 0.25) is 0 Å². The van der Waals surface area contributed by atoms with E-state index >= 15 is 0 Å². The molecule has 4 heteroatoms. The molecule has 2 atom stereocenters. The Labute approximate surface area is 112 Å². The number of hydrogen-bond donors (Lipinski definition) is 1. The monoisotopic (exact) mass is 264 g/mol. The van der Waals surface area contributed by atoms with Crippen LogP contribution in [-0.4, -0.2) is 30.1 Å². The van der Waals surface area contributed by atoms with Crippen LogP contribution in [-0.2, 0) is 14.3 Å². The average Bonchev–Trinajstić information content (AvgIpc) is 2.57. The molecule has 2 aliphatic carbocycles. The maximum atomic E-state index is 12.3. The van der Waals surface area contributed by atoms with Gasteiger partial charge < -0.3 is 9.84 Å². The van der Waals surface area contributed by atoms with Crippen LogP contribution in [0.3, 0.4) is 0 Å². The summed E-state index contributed by atoms with van der Waals surface area (Å²) in [6, 6.07) is 0. The van der Waals surface area contributed by atoms with E-state index in [1.54, 1.807) is 0 Å². The van der Waals surface area contributed by atoms with Crippen molar-refractivity contribution in [3.05, 3.63) is 11.1 Å². The molecular formula is C15H20O4. The Kier molecular flexibility index (Phi) is 2.65. The summed E-state index contributed by atoms with van der Waals surface area (Å²) in [6.45, 7) is 4.27. The second kappa shape index (κ2) is 3.92. The third-order valence-corrected chi connectivity index (χ3v) is 5.12. The SMILES string of the molecule is CC1(C)CC(=O)[C@@H]([C@@]23CCC2=C(CO)C(=O)OC3)C1. The maximum absolute atomic E-state index is 12.3. The topological polar surface area (TPSA) is 63.6 Å². The zero-order chi connectivity index (χ0) is 13.8. The highest BCUT2D eigenvalue weighted by Gasteiger charge is 2.58. The fraction of sp³-hybridized carbons (Fsp3) is 0.733. The van der Waals surface area contributed by atoms with Crippen molar-refractivity contribution in [1.82, 2.24) is 0 Å². The molecule has 1 heterocycles. The van der Waals surface area contributed by atoms with Crippen molar-refractivity contribution in [2.45, 2.75) is 39.5 Å². The van der Waals surface area contributed by atoms with Gasteiger partial charge in [0.15, 0.2) is 0 Å². The molecule has 2 fully saturated rings. The Balaban J connectivity index is 1.99. The highest BCUT2D eigenvalue weighted by atomic mass is 16.5. The first kappa shape index (κ1) is 12.9. The summed E-state index contributed by atoms with van der Waals surface area (Å²) >= 11 is 0. The molecule has 0 spiro atoms. The predicted octanol–water partition coefficient (Wildman–Crippen LogP) is 1.62. The third-order valence-electron chi connectivity index (χ3n) is 5.12. The summed E-state index contributed by atoms with van der Waals surface area (Å²) in [5, 5.41) is 9.37. The molecular weight excluding hydrogens is 244 g/mol. The lowest BCUT2D eigenvalue weighted by atomic mass is 9.55. The Morgan fingerprint density at radius 2 is 2.11 bits per heavy atom. The van der Waals surface area contributed by atoms with Gasteiger partial charge in [0.25, 0.3) is 0 Å². The molecule has 19 heavy (non-hydrogen) atoms. The maximum Gasteiger partial charge on any atom is 0.336 e. The number of hydrogen-bond acceptors (Lipinski definition) is 4. The van der Waals surface area contributed by atoms with E-state index in [1.807, 2.05) is 0 Å². The van der Waals surface area contributed by atoms with Crippen molar-refractivity contribution in [1.29, 1.82) is 0 Å². The number of Topliss-reactive ketones (excluding diaryl/α,β-unsaturated/α-hetero) is 1. The number of aliphatic hydroxyl groups excluding tert-OH is 1. The molecule has 104 valence electrons. The second-order valence-corrected chi connectivity index (χ2v) is 6.91. The van der Waals surface area contributed by atoms with Crippen LogP contribution in [0, 0.1) is 16.7 Å². The molecule has 1 N–H and O–H groups in total. The van der Waals surface area contributed by atoms with Gasteiger partial charge in [-0.15, -0.1) is 0 Å². The minimum Gasteiger partial charge on any atom is -0.461 e. The van der Waals surface area contributed by atoms with Gasteiger partial charge >= 0.3 is 5.97 Å². The quantitative estimate of drug-likeness (QED) is 0.770. The molecule has 1 aliphatic heterocycles. The van der Waals surface area contributed by atoms with Gasteiger partial charge in [0.2, 0.25) is 0 Å². The van der Waals surface area contributed by atoms with Crippen molar-refractivity contribution >= 4 is 11.8 Å². The number of cyclic esters (lactones) is 1. The number of rotatable bonds is 2. The minimum absolute atomic E-state index is 0.0397. The molecule has 4 nitrogen and oxygen atoms in total. The van der Waals surface area contributed by atoms with Crippen LogP contribution in [0.4, 0.5) is 0 Å². The number of fused-ring (bicyclic) bond motifs is 1. The van der Waals surface area contributed by atoms with Gasteiger partial charge in [-0.3, -0.25) is 4.79 Å². The number of ether oxygens (including phenoxy) is 1. The highest BCUT2D eigenvalue weighted by molar-refractivity contribution is 5.93. The normalized spacial score (nSPS) is 36.9. The van der Waals surface area contributed by atoms with Crippen molar-refractivity contribution in [2.24, 2.45) is 16.7 Å². The fourth-order valence-corrected chi connectivity index (χ4v) is 4.07. The third kappa shape index (κ3) is 1.69. The standard InChI is InChI=1S/C15H20O4/c1-14(2)5-11(12(17)6-14)15-4-3-10(15)9(7-16)13(18)19-8-15/h11,16H,3-8H2,1-2H3/t11-,15+/m0/s1. The van der Waals surface area contributed by atoms with Crippen LogP contribution in [0.5, 0.6) is 0 Å². The Bertz CT molecular complexity index is 488. The molecule has 0 aromatic rings. The molecule has 0 unspecified atom stereocenters. The summed E-state index contributed by atoms with van der Waals surface area (Å²) in [6.07, 6.45) is 3.17. The lowest BCUT2D eigenvalue weighted by molar-refractivity contribution is -0.151. The van der Waals surface area contributed by atoms with E-state index in [0.717, 1.165) is 24.8 Å². The van der Waals surface area contributed by atoms with E-state index in [4.69, 9.17) is 4.74 Å². The number of aliphatic hydroxyl groups is 1. The molecule has 0 saturated heterocycles. The summed E-state index contributed by atoms with van der Waals surface area (Å²) < 4.78 is 5.24. The number of carbonyl (C=O) groups excluding carboxylic acids is 2. The van der Waals surface area contributed by atoms with Gasteiger partial charge in [-0.2, -0.15) is 0 Å². The lowest BCUT2D eigenvalue weighted by Crippen LogP contribution is -2.50. The first-order chi connectivity index (χ1) is 8.89. The Morgan fingerprint density at radius 3 is 2.58 bits per heavy atom. The highest BCUT2D eigenvalue weighted by Crippen LogP contribution is 2.60. The summed E-state index contributed by atoms with van der Waals surface area (Å²) in [5.74, 6) is -0.157. The molecule has 0 bridgehead atoms. The van der Waals surface area contributed by atoms with E-state index in [0.29, 0.717) is 18.6 Å². The zero-order valence-electron chi connectivity index (χ0n) is 11.5. The molecule has 0 radical (unpaired) electrons. The van der Waals surface area contributed by atoms with Gasteiger partial charge in [0.1, 0.15) is 12.4 Å². The van der Waals surface area contributed by atoms with Gasteiger partial charge in [-0.25, -0.2) is 4.79 Å². The molecule has 2 saturated carbocycles. The molecule has 0 aromatic heterocycles. The van der Waals surface area contributed by atoms with E-state index < -0.39 is 5.97 Å². The van der Waals surface area contributed by atoms with E-state index in [9.17, 15) is 14.7 Å². The Hall–Kier alpha value is -1.16. The van der Waals surface area contributed by atoms with Crippen molar-refractivity contribution in [3.8, 4) is 0 Å². The summed E-state index contributed by atoms with van der Waals surface area (Å²) in [5.41, 5.74) is 1.13. The number of ketones is 1. The van der Waals surface area contributed by atoms with Crippen LogP contribution < -0.4 is 0 Å². The summed E-state index contributed by atoms with van der Waals surface area (Å²) in [4.78, 5) is 24.0. The number of esters is 1. The van der Waals surface area contributed by atoms with Crippen LogP contribution in [0.15, 0.2) is 11.1 Å². The average molecular weight is 264 g/mol. The first-order valence-electron chi connectivity index (χ1n) is 6.93. The van der Waals surface area contributed by atoms with Crippen LogP contribution in [0.25, 0.3) is 0 Å². The van der Waals surface area contributed by atoms with Crippen molar-refractivity contribution in [2.75, 3.05) is 13.2 Å². The van der Waals surface area contributed by atoms with Gasteiger partial charge in [-0.1, -0.05) is 13.8 Å². The fourth-order valence-electron chi connectivity index (χ4n) is 4.07. The van der Waals surface area contributed by atoms with Gasteiger partial charge in [-0.05, 0) is 30.3 Å². The van der Waals surface area contributed by atoms with E-state index in [1.165, 1.54) is 0 Å². The van der Waals surface area contributed by atoms with Crippen LogP contribution >= 0.6 is 0 Å². The number of carbonyl (C=O) groups is 2. The molecule has 3 rings (SSSR count). The largest absolute Gasteiger partial charge is 0.461 e. The molecule has 3 aliphatic rings.